The number of carbonyl (C=O) groups is 1. The van der Waals surface area contributed by atoms with Crippen LogP contribution < -0.4 is 10.1 Å². The summed E-state index contributed by atoms with van der Waals surface area (Å²) in [4.78, 5) is 11.6. The smallest absolute Gasteiger partial charge is 0.341 e. The standard InChI is InChI=1S/C16H15NO3/c1-20-13-9-8-11-7-6-10-4-2-3-5-12(10)17-15(11)14(13)16(18)19/h2-5,8-9,17H,6-7H2,1H3,(H,18,19). The molecule has 0 unspecified atom stereocenters. The number of anilines is 2. The number of methoxy groups -OCH3 is 1. The number of carboxylic acid groups (broad SMARTS) is 1. The van der Waals surface area contributed by atoms with E-state index in [-0.39, 0.29) is 5.56 Å². The van der Waals surface area contributed by atoms with Gasteiger partial charge >= 0.3 is 5.97 Å². The molecule has 1 aliphatic heterocycles. The molecule has 0 fully saturated rings. The van der Waals surface area contributed by atoms with Gasteiger partial charge < -0.3 is 15.2 Å². The fourth-order valence-electron chi connectivity index (χ4n) is 2.62. The highest BCUT2D eigenvalue weighted by molar-refractivity contribution is 5.99. The lowest BCUT2D eigenvalue weighted by Crippen LogP contribution is -2.07. The topological polar surface area (TPSA) is 58.6 Å². The first-order valence-electron chi connectivity index (χ1n) is 6.49. The number of para-hydroxylation sites is 1. The van der Waals surface area contributed by atoms with E-state index in [2.05, 4.69) is 11.4 Å². The molecule has 0 saturated heterocycles. The van der Waals surface area contributed by atoms with Crippen molar-refractivity contribution in [2.24, 2.45) is 0 Å². The summed E-state index contributed by atoms with van der Waals surface area (Å²) in [5.74, 6) is -0.603. The lowest BCUT2D eigenvalue weighted by Gasteiger charge is -2.15. The third-order valence-corrected chi connectivity index (χ3v) is 3.63. The Morgan fingerprint density at radius 3 is 2.65 bits per heavy atom. The van der Waals surface area contributed by atoms with Crippen LogP contribution >= 0.6 is 0 Å². The fourth-order valence-corrected chi connectivity index (χ4v) is 2.62. The van der Waals surface area contributed by atoms with Crippen molar-refractivity contribution in [2.75, 3.05) is 12.4 Å². The van der Waals surface area contributed by atoms with Gasteiger partial charge in [-0.15, -0.1) is 0 Å². The van der Waals surface area contributed by atoms with Gasteiger partial charge in [0.2, 0.25) is 0 Å². The van der Waals surface area contributed by atoms with Crippen LogP contribution in [0.15, 0.2) is 36.4 Å². The monoisotopic (exact) mass is 269 g/mol. The van der Waals surface area contributed by atoms with Crippen molar-refractivity contribution in [3.63, 3.8) is 0 Å². The first kappa shape index (κ1) is 12.5. The number of hydrogen-bond acceptors (Lipinski definition) is 3. The Morgan fingerprint density at radius 2 is 1.90 bits per heavy atom. The second kappa shape index (κ2) is 4.89. The van der Waals surface area contributed by atoms with Crippen molar-refractivity contribution >= 4 is 17.3 Å². The van der Waals surface area contributed by atoms with E-state index in [0.717, 1.165) is 24.1 Å². The molecule has 20 heavy (non-hydrogen) atoms. The third kappa shape index (κ3) is 1.99. The average molecular weight is 269 g/mol. The zero-order valence-corrected chi connectivity index (χ0v) is 11.1. The molecule has 0 saturated carbocycles. The summed E-state index contributed by atoms with van der Waals surface area (Å²) in [5, 5.41) is 12.7. The lowest BCUT2D eigenvalue weighted by molar-refractivity contribution is 0.0694. The molecule has 1 heterocycles. The molecule has 0 radical (unpaired) electrons. The SMILES string of the molecule is COc1ccc2c(c1C(=O)O)Nc1ccccc1CC2. The van der Waals surface area contributed by atoms with E-state index in [0.29, 0.717) is 11.4 Å². The Balaban J connectivity index is 2.19. The molecular formula is C16H15NO3. The molecule has 0 aliphatic carbocycles. The van der Waals surface area contributed by atoms with Crippen LogP contribution in [0.5, 0.6) is 5.75 Å². The van der Waals surface area contributed by atoms with Crippen LogP contribution in [0.3, 0.4) is 0 Å². The predicted molar refractivity (Wildman–Crippen MR) is 77.1 cm³/mol. The maximum Gasteiger partial charge on any atom is 0.341 e. The normalized spacial score (nSPS) is 12.7. The van der Waals surface area contributed by atoms with Crippen LogP contribution in [0.2, 0.25) is 0 Å². The number of aromatic carboxylic acids is 1. The van der Waals surface area contributed by atoms with Gasteiger partial charge in [0, 0.05) is 5.69 Å². The molecule has 2 N–H and O–H groups in total. The van der Waals surface area contributed by atoms with E-state index in [9.17, 15) is 9.90 Å². The summed E-state index contributed by atoms with van der Waals surface area (Å²) in [5.41, 5.74) is 3.99. The van der Waals surface area contributed by atoms with Gasteiger partial charge in [0.25, 0.3) is 0 Å². The summed E-state index contributed by atoms with van der Waals surface area (Å²) in [6.07, 6.45) is 1.70. The summed E-state index contributed by atoms with van der Waals surface area (Å²) in [6.45, 7) is 0. The molecule has 0 atom stereocenters. The number of nitrogens with one attached hydrogen (secondary N) is 1. The Labute approximate surface area is 117 Å². The minimum Gasteiger partial charge on any atom is -0.496 e. The maximum atomic E-state index is 11.6. The number of benzene rings is 2. The Morgan fingerprint density at radius 1 is 1.15 bits per heavy atom. The fraction of sp³-hybridized carbons (Fsp3) is 0.188. The quantitative estimate of drug-likeness (QED) is 0.878. The van der Waals surface area contributed by atoms with Crippen molar-refractivity contribution in [3.05, 3.63) is 53.1 Å². The van der Waals surface area contributed by atoms with Crippen LogP contribution in [-0.2, 0) is 12.8 Å². The van der Waals surface area contributed by atoms with Crippen LogP contribution in [0.4, 0.5) is 11.4 Å². The highest BCUT2D eigenvalue weighted by Crippen LogP contribution is 2.36. The zero-order valence-electron chi connectivity index (χ0n) is 11.1. The summed E-state index contributed by atoms with van der Waals surface area (Å²) < 4.78 is 5.18. The van der Waals surface area contributed by atoms with Gasteiger partial charge in [-0.25, -0.2) is 4.79 Å². The van der Waals surface area contributed by atoms with E-state index in [1.807, 2.05) is 24.3 Å². The average Bonchev–Trinajstić information content (AvgIpc) is 2.64. The van der Waals surface area contributed by atoms with Gasteiger partial charge in [-0.3, -0.25) is 0 Å². The second-order valence-corrected chi connectivity index (χ2v) is 4.76. The first-order valence-corrected chi connectivity index (χ1v) is 6.49. The molecule has 2 aromatic carbocycles. The highest BCUT2D eigenvalue weighted by atomic mass is 16.5. The van der Waals surface area contributed by atoms with Crippen molar-refractivity contribution < 1.29 is 14.6 Å². The van der Waals surface area contributed by atoms with Crippen LogP contribution in [0.1, 0.15) is 21.5 Å². The number of hydrogen-bond donors (Lipinski definition) is 2. The van der Waals surface area contributed by atoms with Crippen molar-refractivity contribution in [1.82, 2.24) is 0 Å². The second-order valence-electron chi connectivity index (χ2n) is 4.76. The number of fused-ring (bicyclic) bond motifs is 2. The number of rotatable bonds is 2. The van der Waals surface area contributed by atoms with Gasteiger partial charge in [0.15, 0.2) is 0 Å². The van der Waals surface area contributed by atoms with E-state index in [1.54, 1.807) is 6.07 Å². The molecule has 0 amide bonds. The van der Waals surface area contributed by atoms with E-state index in [1.165, 1.54) is 12.7 Å². The van der Waals surface area contributed by atoms with E-state index >= 15 is 0 Å². The molecule has 0 spiro atoms. The molecule has 3 rings (SSSR count). The minimum atomic E-state index is -0.981. The summed E-state index contributed by atoms with van der Waals surface area (Å²) >= 11 is 0. The predicted octanol–water partition coefficient (Wildman–Crippen LogP) is 3.24. The Hall–Kier alpha value is -2.49. The Kier molecular flexibility index (Phi) is 3.06. The van der Waals surface area contributed by atoms with Crippen molar-refractivity contribution in [2.45, 2.75) is 12.8 Å². The van der Waals surface area contributed by atoms with E-state index in [4.69, 9.17) is 4.74 Å². The number of ether oxygens (including phenoxy) is 1. The molecule has 0 aromatic heterocycles. The minimum absolute atomic E-state index is 0.196. The molecule has 0 bridgehead atoms. The lowest BCUT2D eigenvalue weighted by atomic mass is 10.0. The van der Waals surface area contributed by atoms with Gasteiger partial charge in [-0.05, 0) is 36.1 Å². The number of aryl methyl sites for hydroxylation is 2. The van der Waals surface area contributed by atoms with Gasteiger partial charge in [0.1, 0.15) is 11.3 Å². The van der Waals surface area contributed by atoms with Crippen LogP contribution in [0.25, 0.3) is 0 Å². The third-order valence-electron chi connectivity index (χ3n) is 3.63. The van der Waals surface area contributed by atoms with Gasteiger partial charge in [-0.2, -0.15) is 0 Å². The van der Waals surface area contributed by atoms with Crippen LogP contribution in [0, 0.1) is 0 Å². The number of carboxylic acids is 1. The molecular weight excluding hydrogens is 254 g/mol. The summed E-state index contributed by atoms with van der Waals surface area (Å²) in [7, 11) is 1.48. The molecule has 102 valence electrons. The molecule has 1 aliphatic rings. The first-order chi connectivity index (χ1) is 9.70. The van der Waals surface area contributed by atoms with Crippen molar-refractivity contribution in [3.8, 4) is 5.75 Å². The molecule has 4 heteroatoms. The largest absolute Gasteiger partial charge is 0.496 e. The summed E-state index contributed by atoms with van der Waals surface area (Å²) in [6, 6.07) is 11.6. The van der Waals surface area contributed by atoms with E-state index < -0.39 is 5.97 Å². The van der Waals surface area contributed by atoms with Gasteiger partial charge in [-0.1, -0.05) is 24.3 Å². The highest BCUT2D eigenvalue weighted by Gasteiger charge is 2.22. The Bertz CT molecular complexity index is 679. The maximum absolute atomic E-state index is 11.6. The van der Waals surface area contributed by atoms with Gasteiger partial charge in [0.05, 0.1) is 12.8 Å². The molecule has 2 aromatic rings. The van der Waals surface area contributed by atoms with Crippen LogP contribution in [-0.4, -0.2) is 18.2 Å². The molecule has 4 nitrogen and oxygen atoms in total. The zero-order chi connectivity index (χ0) is 14.1. The van der Waals surface area contributed by atoms with Crippen molar-refractivity contribution in [1.29, 1.82) is 0 Å².